The Morgan fingerprint density at radius 2 is 1.60 bits per heavy atom. The molecule has 118 valence electrons. The second-order valence-electron chi connectivity index (χ2n) is 7.59. The van der Waals surface area contributed by atoms with Crippen LogP contribution in [0.4, 0.5) is 0 Å². The SMILES string of the molecule is CCC(CC)(CNC1CCC(C(C)(C)C)CC1)C(=O)O. The van der Waals surface area contributed by atoms with Crippen molar-refractivity contribution in [1.29, 1.82) is 0 Å². The van der Waals surface area contributed by atoms with E-state index in [1.165, 1.54) is 25.7 Å². The molecule has 0 radical (unpaired) electrons. The highest BCUT2D eigenvalue weighted by atomic mass is 16.4. The summed E-state index contributed by atoms with van der Waals surface area (Å²) in [7, 11) is 0. The Hall–Kier alpha value is -0.570. The molecule has 1 rings (SSSR count). The number of carboxylic acid groups (broad SMARTS) is 1. The standard InChI is InChI=1S/C17H33NO2/c1-6-17(7-2,15(19)20)12-18-14-10-8-13(9-11-14)16(3,4)5/h13-14,18H,6-12H2,1-5H3,(H,19,20). The Morgan fingerprint density at radius 3 is 1.95 bits per heavy atom. The number of carbonyl (C=O) groups is 1. The van der Waals surface area contributed by atoms with Gasteiger partial charge in [-0.3, -0.25) is 4.79 Å². The Morgan fingerprint density at radius 1 is 1.10 bits per heavy atom. The van der Waals surface area contributed by atoms with Crippen molar-refractivity contribution >= 4 is 5.97 Å². The molecule has 1 fully saturated rings. The molecule has 3 heteroatoms. The van der Waals surface area contributed by atoms with E-state index in [2.05, 4.69) is 26.1 Å². The van der Waals surface area contributed by atoms with Gasteiger partial charge in [0.05, 0.1) is 5.41 Å². The summed E-state index contributed by atoms with van der Waals surface area (Å²) in [6, 6.07) is 0.505. The molecule has 0 aromatic carbocycles. The van der Waals surface area contributed by atoms with Crippen molar-refractivity contribution in [2.24, 2.45) is 16.7 Å². The highest BCUT2D eigenvalue weighted by Crippen LogP contribution is 2.38. The molecular formula is C17H33NO2. The smallest absolute Gasteiger partial charge is 0.310 e. The zero-order valence-corrected chi connectivity index (χ0v) is 14.0. The van der Waals surface area contributed by atoms with Crippen LogP contribution in [0, 0.1) is 16.7 Å². The van der Waals surface area contributed by atoms with Crippen molar-refractivity contribution in [3.05, 3.63) is 0 Å². The molecule has 1 aliphatic carbocycles. The molecule has 0 unspecified atom stereocenters. The summed E-state index contributed by atoms with van der Waals surface area (Å²) < 4.78 is 0. The normalized spacial score (nSPS) is 24.6. The third kappa shape index (κ3) is 4.21. The molecule has 1 saturated carbocycles. The third-order valence-electron chi connectivity index (χ3n) is 5.49. The van der Waals surface area contributed by atoms with E-state index in [4.69, 9.17) is 0 Å². The number of hydrogen-bond donors (Lipinski definition) is 2. The van der Waals surface area contributed by atoms with Gasteiger partial charge >= 0.3 is 5.97 Å². The van der Waals surface area contributed by atoms with Crippen LogP contribution < -0.4 is 5.32 Å². The number of nitrogens with one attached hydrogen (secondary N) is 1. The largest absolute Gasteiger partial charge is 0.481 e. The molecule has 0 aromatic rings. The fraction of sp³-hybridized carbons (Fsp3) is 0.941. The second kappa shape index (κ2) is 6.93. The summed E-state index contributed by atoms with van der Waals surface area (Å²) in [6.07, 6.45) is 6.29. The Kier molecular flexibility index (Phi) is 6.06. The maximum absolute atomic E-state index is 11.5. The van der Waals surface area contributed by atoms with Gasteiger partial charge in [-0.1, -0.05) is 34.6 Å². The molecule has 0 amide bonds. The van der Waals surface area contributed by atoms with Crippen LogP contribution in [0.3, 0.4) is 0 Å². The second-order valence-corrected chi connectivity index (χ2v) is 7.59. The maximum Gasteiger partial charge on any atom is 0.310 e. The average Bonchev–Trinajstić information content (AvgIpc) is 2.39. The van der Waals surface area contributed by atoms with Crippen molar-refractivity contribution in [1.82, 2.24) is 5.32 Å². The Labute approximate surface area is 124 Å². The molecule has 0 saturated heterocycles. The van der Waals surface area contributed by atoms with Crippen molar-refractivity contribution in [2.45, 2.75) is 79.2 Å². The monoisotopic (exact) mass is 283 g/mol. The molecule has 0 aliphatic heterocycles. The van der Waals surface area contributed by atoms with Crippen LogP contribution in [0.5, 0.6) is 0 Å². The lowest BCUT2D eigenvalue weighted by Crippen LogP contribution is -2.45. The molecule has 2 N–H and O–H groups in total. The van der Waals surface area contributed by atoms with Gasteiger partial charge in [-0.2, -0.15) is 0 Å². The van der Waals surface area contributed by atoms with Crippen molar-refractivity contribution in [3.63, 3.8) is 0 Å². The van der Waals surface area contributed by atoms with Crippen LogP contribution in [0.1, 0.15) is 73.1 Å². The van der Waals surface area contributed by atoms with Gasteiger partial charge < -0.3 is 10.4 Å². The summed E-state index contributed by atoms with van der Waals surface area (Å²) in [4.78, 5) is 11.5. The van der Waals surface area contributed by atoms with Gasteiger partial charge in [-0.15, -0.1) is 0 Å². The van der Waals surface area contributed by atoms with Gasteiger partial charge in [0.2, 0.25) is 0 Å². The van der Waals surface area contributed by atoms with Crippen LogP contribution in [-0.2, 0) is 4.79 Å². The number of aliphatic carboxylic acids is 1. The van der Waals surface area contributed by atoms with Gasteiger partial charge in [0.1, 0.15) is 0 Å². The predicted octanol–water partition coefficient (Wildman–Crippen LogP) is 4.07. The van der Waals surface area contributed by atoms with Crippen LogP contribution in [0.15, 0.2) is 0 Å². The van der Waals surface area contributed by atoms with Crippen LogP contribution in [0.2, 0.25) is 0 Å². The van der Waals surface area contributed by atoms with E-state index in [1.54, 1.807) is 0 Å². The summed E-state index contributed by atoms with van der Waals surface area (Å²) >= 11 is 0. The molecule has 0 atom stereocenters. The lowest BCUT2D eigenvalue weighted by Gasteiger charge is -2.38. The van der Waals surface area contributed by atoms with Gasteiger partial charge in [0.25, 0.3) is 0 Å². The van der Waals surface area contributed by atoms with Crippen LogP contribution in [-0.4, -0.2) is 23.7 Å². The first-order valence-electron chi connectivity index (χ1n) is 8.22. The van der Waals surface area contributed by atoms with Gasteiger partial charge in [-0.25, -0.2) is 0 Å². The van der Waals surface area contributed by atoms with Crippen LogP contribution >= 0.6 is 0 Å². The van der Waals surface area contributed by atoms with Crippen molar-refractivity contribution < 1.29 is 9.90 Å². The summed E-state index contributed by atoms with van der Waals surface area (Å²) in [6.45, 7) is 11.6. The minimum absolute atomic E-state index is 0.405. The van der Waals surface area contributed by atoms with E-state index in [0.717, 1.165) is 5.92 Å². The number of carboxylic acids is 1. The summed E-state index contributed by atoms with van der Waals surface area (Å²) in [5, 5.41) is 13.0. The molecule has 0 heterocycles. The summed E-state index contributed by atoms with van der Waals surface area (Å²) in [5.41, 5.74) is -0.177. The van der Waals surface area contributed by atoms with Crippen molar-refractivity contribution in [3.8, 4) is 0 Å². The lowest BCUT2D eigenvalue weighted by molar-refractivity contribution is -0.149. The minimum atomic E-state index is -0.654. The predicted molar refractivity (Wildman–Crippen MR) is 83.9 cm³/mol. The molecule has 1 aliphatic rings. The lowest BCUT2D eigenvalue weighted by atomic mass is 9.71. The van der Waals surface area contributed by atoms with Crippen LogP contribution in [0.25, 0.3) is 0 Å². The van der Waals surface area contributed by atoms with Gasteiger partial charge in [-0.05, 0) is 49.9 Å². The Balaban J connectivity index is 2.46. The average molecular weight is 283 g/mol. The first-order valence-corrected chi connectivity index (χ1v) is 8.22. The maximum atomic E-state index is 11.5. The first kappa shape index (κ1) is 17.5. The summed E-state index contributed by atoms with van der Waals surface area (Å²) in [5.74, 6) is 0.153. The molecule has 20 heavy (non-hydrogen) atoms. The highest BCUT2D eigenvalue weighted by molar-refractivity contribution is 5.74. The van der Waals surface area contributed by atoms with E-state index in [9.17, 15) is 9.90 Å². The molecular weight excluding hydrogens is 250 g/mol. The zero-order chi connectivity index (χ0) is 15.4. The van der Waals surface area contributed by atoms with Gasteiger partial charge in [0, 0.05) is 12.6 Å². The molecule has 0 spiro atoms. The number of hydrogen-bond acceptors (Lipinski definition) is 2. The van der Waals surface area contributed by atoms with E-state index in [-0.39, 0.29) is 0 Å². The minimum Gasteiger partial charge on any atom is -0.481 e. The quantitative estimate of drug-likeness (QED) is 0.772. The molecule has 3 nitrogen and oxygen atoms in total. The fourth-order valence-corrected chi connectivity index (χ4v) is 3.38. The fourth-order valence-electron chi connectivity index (χ4n) is 3.38. The van der Waals surface area contributed by atoms with Gasteiger partial charge in [0.15, 0.2) is 0 Å². The first-order chi connectivity index (χ1) is 9.25. The molecule has 0 aromatic heterocycles. The van der Waals surface area contributed by atoms with E-state index < -0.39 is 11.4 Å². The number of rotatable bonds is 6. The molecule has 0 bridgehead atoms. The van der Waals surface area contributed by atoms with E-state index in [1.807, 2.05) is 13.8 Å². The van der Waals surface area contributed by atoms with E-state index in [0.29, 0.717) is 30.8 Å². The zero-order valence-electron chi connectivity index (χ0n) is 14.0. The topological polar surface area (TPSA) is 49.3 Å². The van der Waals surface area contributed by atoms with E-state index >= 15 is 0 Å². The third-order valence-corrected chi connectivity index (χ3v) is 5.49. The Bertz CT molecular complexity index is 307. The highest BCUT2D eigenvalue weighted by Gasteiger charge is 2.36. The van der Waals surface area contributed by atoms with Crippen molar-refractivity contribution in [2.75, 3.05) is 6.54 Å².